The van der Waals surface area contributed by atoms with E-state index in [1.54, 1.807) is 0 Å². The van der Waals surface area contributed by atoms with E-state index >= 15 is 0 Å². The molecule has 1 atom stereocenters. The van der Waals surface area contributed by atoms with Crippen molar-refractivity contribution < 1.29 is 4.92 Å². The van der Waals surface area contributed by atoms with Gasteiger partial charge in [0.1, 0.15) is 18.2 Å². The van der Waals surface area contributed by atoms with Crippen LogP contribution >= 0.6 is 0 Å². The Kier molecular flexibility index (Phi) is 3.83. The zero-order chi connectivity index (χ0) is 16.5. The van der Waals surface area contributed by atoms with Crippen LogP contribution in [0.25, 0.3) is 0 Å². The number of hydrogen-bond acceptors (Lipinski definition) is 7. The third kappa shape index (κ3) is 2.59. The van der Waals surface area contributed by atoms with Crippen molar-refractivity contribution in [2.45, 2.75) is 51.1 Å². The van der Waals surface area contributed by atoms with Crippen molar-refractivity contribution in [1.29, 1.82) is 0 Å². The molecule has 4 heterocycles. The van der Waals surface area contributed by atoms with E-state index < -0.39 is 4.92 Å². The predicted octanol–water partition coefficient (Wildman–Crippen LogP) is 2.04. The quantitative estimate of drug-likeness (QED) is 0.627. The number of aryl methyl sites for hydroxylation is 1. The summed E-state index contributed by atoms with van der Waals surface area (Å²) in [5.41, 5.74) is -0.0918. The average molecular weight is 329 g/mol. The van der Waals surface area contributed by atoms with E-state index in [0.29, 0.717) is 5.95 Å². The standard InChI is InChI=1S/C15H19N7O2/c23-22(24)11-9-16-15(17-10-11)20-8-4-5-12(20)14-19-18-13-6-2-1-3-7-21(13)14/h9-10,12H,1-8H2. The largest absolute Gasteiger partial charge is 0.331 e. The van der Waals surface area contributed by atoms with Gasteiger partial charge in [-0.15, -0.1) is 10.2 Å². The number of nitrogens with zero attached hydrogens (tertiary/aromatic N) is 7. The van der Waals surface area contributed by atoms with Gasteiger partial charge in [0.15, 0.2) is 5.82 Å². The summed E-state index contributed by atoms with van der Waals surface area (Å²) >= 11 is 0. The summed E-state index contributed by atoms with van der Waals surface area (Å²) in [6.07, 6.45) is 9.04. The van der Waals surface area contributed by atoms with Gasteiger partial charge in [-0.3, -0.25) is 10.1 Å². The Morgan fingerprint density at radius 2 is 1.92 bits per heavy atom. The van der Waals surface area contributed by atoms with E-state index in [9.17, 15) is 10.1 Å². The molecule has 24 heavy (non-hydrogen) atoms. The Bertz CT molecular complexity index is 743. The van der Waals surface area contributed by atoms with Gasteiger partial charge in [0, 0.05) is 19.5 Å². The molecule has 0 aliphatic carbocycles. The van der Waals surface area contributed by atoms with Gasteiger partial charge in [0.25, 0.3) is 0 Å². The van der Waals surface area contributed by atoms with Crippen molar-refractivity contribution in [1.82, 2.24) is 24.7 Å². The fourth-order valence-corrected chi connectivity index (χ4v) is 3.59. The minimum absolute atomic E-state index is 0.0887. The van der Waals surface area contributed by atoms with E-state index in [-0.39, 0.29) is 11.7 Å². The molecular formula is C15H19N7O2. The highest BCUT2D eigenvalue weighted by Crippen LogP contribution is 2.34. The van der Waals surface area contributed by atoms with Crippen molar-refractivity contribution in [2.24, 2.45) is 0 Å². The molecule has 1 saturated heterocycles. The van der Waals surface area contributed by atoms with E-state index in [2.05, 4.69) is 29.6 Å². The van der Waals surface area contributed by atoms with E-state index in [1.165, 1.54) is 18.8 Å². The van der Waals surface area contributed by atoms with Crippen molar-refractivity contribution in [3.8, 4) is 0 Å². The smallest absolute Gasteiger partial charge is 0.305 e. The molecule has 2 aromatic rings. The van der Waals surface area contributed by atoms with Crippen LogP contribution in [0.1, 0.15) is 49.8 Å². The van der Waals surface area contributed by atoms with Crippen LogP contribution in [0, 0.1) is 10.1 Å². The zero-order valence-electron chi connectivity index (χ0n) is 13.3. The maximum absolute atomic E-state index is 10.8. The molecule has 126 valence electrons. The fourth-order valence-electron chi connectivity index (χ4n) is 3.59. The minimum atomic E-state index is -0.482. The molecule has 0 amide bonds. The highest BCUT2D eigenvalue weighted by atomic mass is 16.6. The topological polar surface area (TPSA) is 103 Å². The van der Waals surface area contributed by atoms with Crippen LogP contribution in [0.2, 0.25) is 0 Å². The first-order chi connectivity index (χ1) is 11.7. The van der Waals surface area contributed by atoms with E-state index in [1.807, 2.05) is 0 Å². The molecular weight excluding hydrogens is 310 g/mol. The SMILES string of the molecule is O=[N+]([O-])c1cnc(N2CCCC2c2nnc3n2CCCCC3)nc1. The predicted molar refractivity (Wildman–Crippen MR) is 85.6 cm³/mol. The molecule has 0 aromatic carbocycles. The van der Waals surface area contributed by atoms with Crippen molar-refractivity contribution in [3.63, 3.8) is 0 Å². The Hall–Kier alpha value is -2.58. The highest BCUT2D eigenvalue weighted by molar-refractivity contribution is 5.38. The Morgan fingerprint density at radius 1 is 1.08 bits per heavy atom. The lowest BCUT2D eigenvalue weighted by atomic mass is 10.2. The maximum atomic E-state index is 10.8. The Morgan fingerprint density at radius 3 is 2.71 bits per heavy atom. The van der Waals surface area contributed by atoms with Gasteiger partial charge in [0.05, 0.1) is 11.0 Å². The van der Waals surface area contributed by atoms with Gasteiger partial charge in [-0.25, -0.2) is 9.97 Å². The Labute approximate surface area is 138 Å². The lowest BCUT2D eigenvalue weighted by Crippen LogP contribution is -2.27. The van der Waals surface area contributed by atoms with Crippen LogP contribution in [0.4, 0.5) is 11.6 Å². The van der Waals surface area contributed by atoms with Gasteiger partial charge in [0.2, 0.25) is 5.95 Å². The van der Waals surface area contributed by atoms with Crippen LogP contribution in [0.15, 0.2) is 12.4 Å². The normalized spacial score (nSPS) is 20.7. The minimum Gasteiger partial charge on any atom is -0.331 e. The number of nitro groups is 1. The first-order valence-electron chi connectivity index (χ1n) is 8.39. The first-order valence-corrected chi connectivity index (χ1v) is 8.39. The number of fused-ring (bicyclic) bond motifs is 1. The summed E-state index contributed by atoms with van der Waals surface area (Å²) in [5, 5.41) is 19.6. The fraction of sp³-hybridized carbons (Fsp3) is 0.600. The van der Waals surface area contributed by atoms with Crippen molar-refractivity contribution in [3.05, 3.63) is 34.2 Å². The molecule has 2 aliphatic heterocycles. The third-order valence-corrected chi connectivity index (χ3v) is 4.78. The second-order valence-corrected chi connectivity index (χ2v) is 6.29. The monoisotopic (exact) mass is 329 g/mol. The molecule has 2 aliphatic rings. The summed E-state index contributed by atoms with van der Waals surface area (Å²) in [4.78, 5) is 20.8. The van der Waals surface area contributed by atoms with Gasteiger partial charge >= 0.3 is 5.69 Å². The highest BCUT2D eigenvalue weighted by Gasteiger charge is 2.33. The van der Waals surface area contributed by atoms with E-state index in [0.717, 1.165) is 56.8 Å². The third-order valence-electron chi connectivity index (χ3n) is 4.78. The molecule has 0 N–H and O–H groups in total. The first kappa shape index (κ1) is 15.0. The molecule has 9 nitrogen and oxygen atoms in total. The molecule has 0 saturated carbocycles. The van der Waals surface area contributed by atoms with Gasteiger partial charge in [-0.05, 0) is 25.7 Å². The molecule has 1 fully saturated rings. The second kappa shape index (κ2) is 6.14. The molecule has 9 heteroatoms. The van der Waals surface area contributed by atoms with Crippen molar-refractivity contribution in [2.75, 3.05) is 11.4 Å². The number of rotatable bonds is 3. The summed E-state index contributed by atoms with van der Waals surface area (Å²) in [7, 11) is 0. The zero-order valence-corrected chi connectivity index (χ0v) is 13.3. The Balaban J connectivity index is 1.63. The molecule has 4 rings (SSSR count). The lowest BCUT2D eigenvalue weighted by Gasteiger charge is -2.24. The number of aromatic nitrogens is 5. The van der Waals surface area contributed by atoms with Crippen LogP contribution in [-0.4, -0.2) is 36.2 Å². The summed E-state index contributed by atoms with van der Waals surface area (Å²) in [6.45, 7) is 1.79. The second-order valence-electron chi connectivity index (χ2n) is 6.29. The summed E-state index contributed by atoms with van der Waals surface area (Å²) in [6, 6.07) is 0.0887. The summed E-state index contributed by atoms with van der Waals surface area (Å²) < 4.78 is 2.25. The van der Waals surface area contributed by atoms with Crippen LogP contribution in [0.5, 0.6) is 0 Å². The van der Waals surface area contributed by atoms with Crippen LogP contribution < -0.4 is 4.90 Å². The molecule has 0 radical (unpaired) electrons. The molecule has 0 spiro atoms. The van der Waals surface area contributed by atoms with Gasteiger partial charge in [-0.2, -0.15) is 0 Å². The number of hydrogen-bond donors (Lipinski definition) is 0. The van der Waals surface area contributed by atoms with Crippen LogP contribution in [-0.2, 0) is 13.0 Å². The van der Waals surface area contributed by atoms with Gasteiger partial charge < -0.3 is 9.47 Å². The molecule has 2 aromatic heterocycles. The molecule has 0 bridgehead atoms. The lowest BCUT2D eigenvalue weighted by molar-refractivity contribution is -0.385. The van der Waals surface area contributed by atoms with Gasteiger partial charge in [-0.1, -0.05) is 6.42 Å². The van der Waals surface area contributed by atoms with Crippen molar-refractivity contribution >= 4 is 11.6 Å². The van der Waals surface area contributed by atoms with E-state index in [4.69, 9.17) is 0 Å². The average Bonchev–Trinajstić information content (AvgIpc) is 3.16. The van der Waals surface area contributed by atoms with Crippen LogP contribution in [0.3, 0.4) is 0 Å². The maximum Gasteiger partial charge on any atom is 0.305 e. The number of anilines is 1. The summed E-state index contributed by atoms with van der Waals surface area (Å²) in [5.74, 6) is 2.57. The molecule has 1 unspecified atom stereocenters.